The molecule has 1 aromatic carbocycles. The largest absolute Gasteiger partial charge is 0.416 e. The van der Waals surface area contributed by atoms with Crippen LogP contribution in [0.2, 0.25) is 0 Å². The van der Waals surface area contributed by atoms with Crippen molar-refractivity contribution in [1.29, 1.82) is 0 Å². The normalized spacial score (nSPS) is 17.1. The number of alkyl halides is 3. The summed E-state index contributed by atoms with van der Waals surface area (Å²) in [5, 5.41) is 2.65. The van der Waals surface area contributed by atoms with Gasteiger partial charge in [-0.15, -0.1) is 0 Å². The number of carbonyl (C=O) groups is 1. The first kappa shape index (κ1) is 13.9. The van der Waals surface area contributed by atoms with Crippen LogP contribution in [0.5, 0.6) is 0 Å². The average molecular weight is 272 g/mol. The van der Waals surface area contributed by atoms with Gasteiger partial charge in [0.1, 0.15) is 0 Å². The fraction of sp³-hybridized carbons (Fsp3) is 0.462. The molecule has 0 spiro atoms. The molecule has 2 rings (SSSR count). The molecule has 3 N–H and O–H groups in total. The van der Waals surface area contributed by atoms with Crippen LogP contribution in [-0.4, -0.2) is 12.5 Å². The lowest BCUT2D eigenvalue weighted by Crippen LogP contribution is -2.36. The molecule has 1 fully saturated rings. The highest BCUT2D eigenvalue weighted by Gasteiger charge is 2.48. The molecule has 0 saturated heterocycles. The Bertz CT molecular complexity index is 481. The van der Waals surface area contributed by atoms with Crippen molar-refractivity contribution in [2.45, 2.75) is 25.6 Å². The molecule has 0 heterocycles. The van der Waals surface area contributed by atoms with E-state index in [1.54, 1.807) is 6.07 Å². The number of hydrogen-bond donors (Lipinski definition) is 2. The smallest absolute Gasteiger partial charge is 0.352 e. The van der Waals surface area contributed by atoms with E-state index in [0.717, 1.165) is 25.0 Å². The highest BCUT2D eigenvalue weighted by Crippen LogP contribution is 2.44. The molecule has 6 heteroatoms. The molecule has 1 saturated carbocycles. The number of nitrogens with two attached hydrogens (primary N) is 1. The number of hydrogen-bond acceptors (Lipinski definition) is 2. The van der Waals surface area contributed by atoms with Crippen molar-refractivity contribution in [1.82, 2.24) is 5.32 Å². The van der Waals surface area contributed by atoms with E-state index in [-0.39, 0.29) is 19.0 Å². The zero-order chi connectivity index (χ0) is 14.1. The lowest BCUT2D eigenvalue weighted by molar-refractivity contribution is -0.137. The van der Waals surface area contributed by atoms with Gasteiger partial charge in [-0.25, -0.2) is 0 Å². The van der Waals surface area contributed by atoms with Crippen LogP contribution >= 0.6 is 0 Å². The fourth-order valence-electron chi connectivity index (χ4n) is 1.90. The maximum atomic E-state index is 12.5. The molecule has 19 heavy (non-hydrogen) atoms. The molecule has 1 aromatic rings. The second kappa shape index (κ2) is 4.85. The topological polar surface area (TPSA) is 55.1 Å². The van der Waals surface area contributed by atoms with Gasteiger partial charge < -0.3 is 11.1 Å². The van der Waals surface area contributed by atoms with Gasteiger partial charge in [0.2, 0.25) is 5.91 Å². The van der Waals surface area contributed by atoms with E-state index in [0.29, 0.717) is 5.56 Å². The summed E-state index contributed by atoms with van der Waals surface area (Å²) in [7, 11) is 0. The first-order valence-electron chi connectivity index (χ1n) is 6.02. The molecular formula is C13H15F3N2O. The Hall–Kier alpha value is -1.56. The summed E-state index contributed by atoms with van der Waals surface area (Å²) >= 11 is 0. The van der Waals surface area contributed by atoms with E-state index < -0.39 is 17.2 Å². The second-order valence-corrected chi connectivity index (χ2v) is 4.87. The predicted molar refractivity (Wildman–Crippen MR) is 64.0 cm³/mol. The number of halogens is 3. The van der Waals surface area contributed by atoms with Crippen molar-refractivity contribution < 1.29 is 18.0 Å². The van der Waals surface area contributed by atoms with E-state index in [1.165, 1.54) is 6.07 Å². The third kappa shape index (κ3) is 3.07. The van der Waals surface area contributed by atoms with Crippen molar-refractivity contribution >= 4 is 5.91 Å². The van der Waals surface area contributed by atoms with Gasteiger partial charge in [0.25, 0.3) is 0 Å². The van der Waals surface area contributed by atoms with Crippen molar-refractivity contribution in [3.63, 3.8) is 0 Å². The van der Waals surface area contributed by atoms with Gasteiger partial charge in [-0.2, -0.15) is 13.2 Å². The van der Waals surface area contributed by atoms with Crippen molar-refractivity contribution in [3.8, 4) is 0 Å². The molecule has 1 aliphatic rings. The standard InChI is InChI=1S/C13H15F3N2O/c14-13(15,16)10-3-1-2-9(6-10)7-18-11(19)12(8-17)4-5-12/h1-3,6H,4-5,7-8,17H2,(H,18,19). The Kier molecular flexibility index (Phi) is 3.54. The van der Waals surface area contributed by atoms with Gasteiger partial charge in [0.05, 0.1) is 11.0 Å². The summed E-state index contributed by atoms with van der Waals surface area (Å²) in [5.41, 5.74) is 4.74. The van der Waals surface area contributed by atoms with Crippen LogP contribution in [0.25, 0.3) is 0 Å². The predicted octanol–water partition coefficient (Wildman–Crippen LogP) is 2.06. The van der Waals surface area contributed by atoms with E-state index in [4.69, 9.17) is 5.73 Å². The number of benzene rings is 1. The number of carbonyl (C=O) groups excluding carboxylic acids is 1. The van der Waals surface area contributed by atoms with Crippen LogP contribution < -0.4 is 11.1 Å². The lowest BCUT2D eigenvalue weighted by atomic mass is 10.1. The van der Waals surface area contributed by atoms with E-state index >= 15 is 0 Å². The third-order valence-corrected chi connectivity index (χ3v) is 3.43. The van der Waals surface area contributed by atoms with Gasteiger partial charge in [-0.3, -0.25) is 4.79 Å². The van der Waals surface area contributed by atoms with E-state index in [9.17, 15) is 18.0 Å². The molecule has 0 atom stereocenters. The van der Waals surface area contributed by atoms with Gasteiger partial charge in [-0.05, 0) is 30.5 Å². The summed E-state index contributed by atoms with van der Waals surface area (Å²) in [6.07, 6.45) is -2.87. The highest BCUT2D eigenvalue weighted by molar-refractivity contribution is 5.85. The van der Waals surface area contributed by atoms with E-state index in [2.05, 4.69) is 5.32 Å². The van der Waals surface area contributed by atoms with Gasteiger partial charge >= 0.3 is 6.18 Å². The second-order valence-electron chi connectivity index (χ2n) is 4.87. The fourth-order valence-corrected chi connectivity index (χ4v) is 1.90. The minimum Gasteiger partial charge on any atom is -0.352 e. The minimum atomic E-state index is -4.37. The summed E-state index contributed by atoms with van der Waals surface area (Å²) in [6, 6.07) is 4.94. The van der Waals surface area contributed by atoms with Gasteiger partial charge in [0.15, 0.2) is 0 Å². The first-order valence-corrected chi connectivity index (χ1v) is 6.02. The molecular weight excluding hydrogens is 257 g/mol. The summed E-state index contributed by atoms with van der Waals surface area (Å²) in [4.78, 5) is 11.8. The first-order chi connectivity index (χ1) is 8.87. The Morgan fingerprint density at radius 2 is 2.05 bits per heavy atom. The Balaban J connectivity index is 1.99. The number of rotatable bonds is 4. The Morgan fingerprint density at radius 3 is 2.58 bits per heavy atom. The van der Waals surface area contributed by atoms with Crippen LogP contribution in [0, 0.1) is 5.41 Å². The third-order valence-electron chi connectivity index (χ3n) is 3.43. The SMILES string of the molecule is NCC1(C(=O)NCc2cccc(C(F)(F)F)c2)CC1. The molecule has 0 bridgehead atoms. The molecule has 0 aliphatic heterocycles. The van der Waals surface area contributed by atoms with Crippen LogP contribution in [0.4, 0.5) is 13.2 Å². The number of amides is 1. The maximum Gasteiger partial charge on any atom is 0.416 e. The van der Waals surface area contributed by atoms with Gasteiger partial charge in [-0.1, -0.05) is 12.1 Å². The van der Waals surface area contributed by atoms with E-state index in [1.807, 2.05) is 0 Å². The van der Waals surface area contributed by atoms with Crippen molar-refractivity contribution in [2.75, 3.05) is 6.54 Å². The molecule has 0 radical (unpaired) electrons. The van der Waals surface area contributed by atoms with Crippen LogP contribution in [0.3, 0.4) is 0 Å². The average Bonchev–Trinajstić information content (AvgIpc) is 3.16. The Morgan fingerprint density at radius 1 is 1.37 bits per heavy atom. The van der Waals surface area contributed by atoms with Crippen LogP contribution in [0.1, 0.15) is 24.0 Å². The molecule has 0 aromatic heterocycles. The Labute approximate surface area is 109 Å². The summed E-state index contributed by atoms with van der Waals surface area (Å²) in [6.45, 7) is 0.367. The quantitative estimate of drug-likeness (QED) is 0.881. The zero-order valence-electron chi connectivity index (χ0n) is 10.3. The molecule has 3 nitrogen and oxygen atoms in total. The van der Waals surface area contributed by atoms with Crippen LogP contribution in [-0.2, 0) is 17.5 Å². The van der Waals surface area contributed by atoms with Crippen LogP contribution in [0.15, 0.2) is 24.3 Å². The minimum absolute atomic E-state index is 0.0878. The molecule has 1 amide bonds. The van der Waals surface area contributed by atoms with Crippen molar-refractivity contribution in [3.05, 3.63) is 35.4 Å². The maximum absolute atomic E-state index is 12.5. The zero-order valence-corrected chi connectivity index (χ0v) is 10.3. The monoisotopic (exact) mass is 272 g/mol. The summed E-state index contributed by atoms with van der Waals surface area (Å²) in [5.74, 6) is -0.174. The highest BCUT2D eigenvalue weighted by atomic mass is 19.4. The molecule has 104 valence electrons. The van der Waals surface area contributed by atoms with Gasteiger partial charge in [0, 0.05) is 13.1 Å². The van der Waals surface area contributed by atoms with Crippen molar-refractivity contribution in [2.24, 2.45) is 11.1 Å². The lowest BCUT2D eigenvalue weighted by Gasteiger charge is -2.13. The molecule has 1 aliphatic carbocycles. The summed E-state index contributed by atoms with van der Waals surface area (Å²) < 4.78 is 37.6. The molecule has 0 unspecified atom stereocenters. The number of nitrogens with one attached hydrogen (secondary N) is 1.